The predicted molar refractivity (Wildman–Crippen MR) is 148 cm³/mol. The molecule has 4 aromatic rings. The maximum Gasteiger partial charge on any atom is 0.573 e. The summed E-state index contributed by atoms with van der Waals surface area (Å²) in [7, 11) is 0. The summed E-state index contributed by atoms with van der Waals surface area (Å²) >= 11 is 0. The van der Waals surface area contributed by atoms with E-state index in [0.717, 1.165) is 36.4 Å². The minimum Gasteiger partial charge on any atom is -0.489 e. The average Bonchev–Trinajstić information content (AvgIpc) is 2.98. The van der Waals surface area contributed by atoms with E-state index in [2.05, 4.69) is 4.74 Å². The molecular formula is C32H24F11NO3. The molecule has 4 aromatic carbocycles. The number of halogens is 11. The number of nitrogens with zero attached hydrogens (tertiary/aromatic N) is 1. The predicted octanol–water partition coefficient (Wildman–Crippen LogP) is 9.58. The molecule has 0 spiro atoms. The second kappa shape index (κ2) is 13.7. The van der Waals surface area contributed by atoms with Crippen LogP contribution < -0.4 is 14.4 Å². The Labute approximate surface area is 260 Å². The zero-order valence-electron chi connectivity index (χ0n) is 23.8. The Morgan fingerprint density at radius 3 is 1.98 bits per heavy atom. The van der Waals surface area contributed by atoms with Crippen molar-refractivity contribution >= 4 is 5.69 Å². The number of aliphatic hydroxyl groups excluding tert-OH is 1. The molecule has 0 saturated heterocycles. The van der Waals surface area contributed by atoms with Crippen molar-refractivity contribution in [2.75, 3.05) is 11.4 Å². The quantitative estimate of drug-likeness (QED) is 0.161. The molecule has 0 bridgehead atoms. The van der Waals surface area contributed by atoms with E-state index in [1.54, 1.807) is 0 Å². The van der Waals surface area contributed by atoms with Crippen LogP contribution in [0.2, 0.25) is 0 Å². The lowest BCUT2D eigenvalue weighted by molar-refractivity contribution is -0.289. The number of rotatable bonds is 11. The fourth-order valence-corrected chi connectivity index (χ4v) is 4.63. The van der Waals surface area contributed by atoms with Crippen LogP contribution in [0.15, 0.2) is 97.1 Å². The van der Waals surface area contributed by atoms with Crippen molar-refractivity contribution in [1.29, 1.82) is 0 Å². The molecule has 1 N–H and O–H groups in total. The van der Waals surface area contributed by atoms with Crippen molar-refractivity contribution in [2.45, 2.75) is 43.9 Å². The summed E-state index contributed by atoms with van der Waals surface area (Å²) in [5.74, 6) is -5.59. The molecule has 0 saturated carbocycles. The first-order valence-electron chi connectivity index (χ1n) is 13.5. The van der Waals surface area contributed by atoms with Crippen LogP contribution >= 0.6 is 0 Å². The Hall–Kier alpha value is -4.53. The van der Waals surface area contributed by atoms with Gasteiger partial charge in [0, 0.05) is 30.4 Å². The average molecular weight is 680 g/mol. The Bertz CT molecular complexity index is 1650. The van der Waals surface area contributed by atoms with Crippen LogP contribution in [-0.2, 0) is 25.3 Å². The van der Waals surface area contributed by atoms with Crippen LogP contribution in [0.3, 0.4) is 0 Å². The molecule has 0 aliphatic rings. The topological polar surface area (TPSA) is 41.9 Å². The third kappa shape index (κ3) is 9.27. The molecule has 0 heterocycles. The summed E-state index contributed by atoms with van der Waals surface area (Å²) in [6.45, 7) is -1.27. The molecule has 0 radical (unpaired) electrons. The van der Waals surface area contributed by atoms with Crippen LogP contribution in [0.25, 0.3) is 0 Å². The summed E-state index contributed by atoms with van der Waals surface area (Å²) in [6, 6.07) is 18.2. The van der Waals surface area contributed by atoms with Gasteiger partial charge in [0.05, 0.1) is 11.7 Å². The van der Waals surface area contributed by atoms with Gasteiger partial charge in [0.15, 0.2) is 0 Å². The molecule has 4 nitrogen and oxygen atoms in total. The fraction of sp³-hybridized carbons (Fsp3) is 0.250. The number of hydrogen-bond donors (Lipinski definition) is 1. The second-order valence-corrected chi connectivity index (χ2v) is 10.2. The highest BCUT2D eigenvalue weighted by molar-refractivity contribution is 5.52. The van der Waals surface area contributed by atoms with Gasteiger partial charge in [0.1, 0.15) is 18.1 Å². The third-order valence-corrected chi connectivity index (χ3v) is 6.76. The fourth-order valence-electron chi connectivity index (χ4n) is 4.63. The molecule has 15 heteroatoms. The first-order chi connectivity index (χ1) is 21.8. The molecule has 252 valence electrons. The van der Waals surface area contributed by atoms with Crippen molar-refractivity contribution in [1.82, 2.24) is 0 Å². The van der Waals surface area contributed by atoms with Gasteiger partial charge in [-0.15, -0.1) is 13.2 Å². The van der Waals surface area contributed by atoms with Crippen LogP contribution in [0.1, 0.15) is 33.9 Å². The second-order valence-electron chi connectivity index (χ2n) is 10.2. The first-order valence-corrected chi connectivity index (χ1v) is 13.5. The van der Waals surface area contributed by atoms with Crippen LogP contribution in [0.4, 0.5) is 54.0 Å². The minimum absolute atomic E-state index is 0.0875. The van der Waals surface area contributed by atoms with E-state index < -0.39 is 66.3 Å². The number of hydrogen-bond acceptors (Lipinski definition) is 4. The first kappa shape index (κ1) is 35.3. The van der Waals surface area contributed by atoms with Crippen LogP contribution in [0, 0.1) is 0 Å². The monoisotopic (exact) mass is 679 g/mol. The Balaban J connectivity index is 1.65. The lowest BCUT2D eigenvalue weighted by atomic mass is 10.0. The zero-order chi connectivity index (χ0) is 34.6. The van der Waals surface area contributed by atoms with Gasteiger partial charge in [0.2, 0.25) is 0 Å². The zero-order valence-corrected chi connectivity index (χ0v) is 23.8. The van der Waals surface area contributed by atoms with E-state index in [1.807, 2.05) is 0 Å². The standard InChI is InChI=1S/C32H24F11NO3/c33-29(34,31(38,39)40)22-8-3-6-20(14-22)17-44(18-28(45)26-12-1-2-13-27(26)30(35,36)37)23-9-5-10-24(16-23)46-19-21-7-4-11-25(15-21)47-32(41,42)43/h1-16,28,45H,17-19H2. The largest absolute Gasteiger partial charge is 0.573 e. The summed E-state index contributed by atoms with van der Waals surface area (Å²) in [6.07, 6.45) is -17.5. The Kier molecular flexibility index (Phi) is 10.3. The summed E-state index contributed by atoms with van der Waals surface area (Å²) in [4.78, 5) is 1.26. The number of anilines is 1. The van der Waals surface area contributed by atoms with E-state index >= 15 is 0 Å². The van der Waals surface area contributed by atoms with Gasteiger partial charge in [-0.05, 0) is 53.1 Å². The molecule has 0 fully saturated rings. The SMILES string of the molecule is OC(CN(Cc1cccc(C(F)(F)C(F)(F)F)c1)c1cccc(OCc2cccc(OC(F)(F)F)c2)c1)c1ccccc1C(F)(F)F. The van der Waals surface area contributed by atoms with Gasteiger partial charge in [0.25, 0.3) is 0 Å². The molecule has 0 amide bonds. The molecule has 1 unspecified atom stereocenters. The molecule has 0 aliphatic heterocycles. The van der Waals surface area contributed by atoms with Crippen LogP contribution in [-0.4, -0.2) is 24.2 Å². The number of alkyl halides is 11. The summed E-state index contributed by atoms with van der Waals surface area (Å²) in [5.41, 5.74) is -2.65. The van der Waals surface area contributed by atoms with Gasteiger partial charge in [-0.25, -0.2) is 0 Å². The van der Waals surface area contributed by atoms with Crippen molar-refractivity contribution < 1.29 is 62.9 Å². The molecular weight excluding hydrogens is 655 g/mol. The number of ether oxygens (including phenoxy) is 2. The van der Waals surface area contributed by atoms with E-state index in [1.165, 1.54) is 53.4 Å². The lowest BCUT2D eigenvalue weighted by Gasteiger charge is -2.29. The molecule has 1 atom stereocenters. The highest BCUT2D eigenvalue weighted by Crippen LogP contribution is 2.44. The van der Waals surface area contributed by atoms with Gasteiger partial charge in [-0.1, -0.05) is 54.6 Å². The van der Waals surface area contributed by atoms with E-state index in [4.69, 9.17) is 4.74 Å². The molecule has 0 aliphatic carbocycles. The minimum atomic E-state index is -5.90. The van der Waals surface area contributed by atoms with Crippen molar-refractivity contribution in [3.8, 4) is 11.5 Å². The summed E-state index contributed by atoms with van der Waals surface area (Å²) < 4.78 is 156. The summed E-state index contributed by atoms with van der Waals surface area (Å²) in [5, 5.41) is 11.0. The van der Waals surface area contributed by atoms with E-state index in [0.29, 0.717) is 12.1 Å². The Morgan fingerprint density at radius 2 is 1.30 bits per heavy atom. The highest BCUT2D eigenvalue weighted by Gasteiger charge is 2.58. The number of aliphatic hydroxyl groups is 1. The Morgan fingerprint density at radius 1 is 0.660 bits per heavy atom. The van der Waals surface area contributed by atoms with Gasteiger partial charge in [-0.3, -0.25) is 0 Å². The smallest absolute Gasteiger partial charge is 0.489 e. The highest BCUT2D eigenvalue weighted by atomic mass is 19.4. The van der Waals surface area contributed by atoms with Gasteiger partial charge >= 0.3 is 24.6 Å². The normalized spacial score (nSPS) is 13.3. The van der Waals surface area contributed by atoms with Crippen molar-refractivity contribution in [3.63, 3.8) is 0 Å². The van der Waals surface area contributed by atoms with E-state index in [-0.39, 0.29) is 29.2 Å². The third-order valence-electron chi connectivity index (χ3n) is 6.76. The van der Waals surface area contributed by atoms with Crippen molar-refractivity contribution in [2.24, 2.45) is 0 Å². The van der Waals surface area contributed by atoms with Gasteiger partial charge < -0.3 is 19.5 Å². The van der Waals surface area contributed by atoms with E-state index in [9.17, 15) is 53.4 Å². The molecule has 0 aromatic heterocycles. The van der Waals surface area contributed by atoms with Crippen LogP contribution in [0.5, 0.6) is 11.5 Å². The van der Waals surface area contributed by atoms with Crippen molar-refractivity contribution in [3.05, 3.63) is 125 Å². The molecule has 47 heavy (non-hydrogen) atoms. The van der Waals surface area contributed by atoms with Gasteiger partial charge in [-0.2, -0.15) is 35.1 Å². The maximum atomic E-state index is 14.1. The number of benzene rings is 4. The molecule has 4 rings (SSSR count). The maximum absolute atomic E-state index is 14.1. The lowest BCUT2D eigenvalue weighted by Crippen LogP contribution is -2.34.